The van der Waals surface area contributed by atoms with Gasteiger partial charge < -0.3 is 15.1 Å². The van der Waals surface area contributed by atoms with Crippen LogP contribution in [0.3, 0.4) is 0 Å². The number of nitrogens with one attached hydrogen (secondary N) is 1. The van der Waals surface area contributed by atoms with Crippen LogP contribution in [0.2, 0.25) is 0 Å². The molecule has 1 aromatic heterocycles. The van der Waals surface area contributed by atoms with Crippen LogP contribution in [-0.2, 0) is 20.8 Å². The summed E-state index contributed by atoms with van der Waals surface area (Å²) in [5.74, 6) is 0.0375. The lowest BCUT2D eigenvalue weighted by Crippen LogP contribution is -2.55. The molecule has 2 saturated heterocycles. The summed E-state index contributed by atoms with van der Waals surface area (Å²) in [4.78, 5) is 44.7. The van der Waals surface area contributed by atoms with E-state index >= 15 is 0 Å². The van der Waals surface area contributed by atoms with Crippen molar-refractivity contribution in [3.63, 3.8) is 0 Å². The summed E-state index contributed by atoms with van der Waals surface area (Å²) in [5.41, 5.74) is 0.842. The largest absolute Gasteiger partial charge is 0.350 e. The van der Waals surface area contributed by atoms with Crippen molar-refractivity contribution in [2.24, 2.45) is 11.3 Å². The van der Waals surface area contributed by atoms with Crippen molar-refractivity contribution in [1.82, 2.24) is 20.1 Å². The summed E-state index contributed by atoms with van der Waals surface area (Å²) in [6.45, 7) is 3.99. The highest BCUT2D eigenvalue weighted by molar-refractivity contribution is 5.89. The fraction of sp³-hybridized carbons (Fsp3) is 0.579. The van der Waals surface area contributed by atoms with Crippen LogP contribution in [0.1, 0.15) is 25.3 Å². The van der Waals surface area contributed by atoms with Crippen LogP contribution in [0.5, 0.6) is 0 Å². The molecule has 1 aromatic rings. The van der Waals surface area contributed by atoms with Crippen LogP contribution in [0.25, 0.3) is 0 Å². The van der Waals surface area contributed by atoms with Crippen molar-refractivity contribution in [2.75, 3.05) is 26.2 Å². The first-order valence-corrected chi connectivity index (χ1v) is 9.22. The zero-order valence-corrected chi connectivity index (χ0v) is 15.0. The number of hydrogen-bond donors (Lipinski definition) is 1. The number of likely N-dealkylation sites (tertiary alicyclic amines) is 1. The van der Waals surface area contributed by atoms with Gasteiger partial charge in [-0.3, -0.25) is 19.4 Å². The third-order valence-corrected chi connectivity index (χ3v) is 5.85. The normalized spacial score (nSPS) is 30.4. The van der Waals surface area contributed by atoms with Crippen LogP contribution in [-0.4, -0.2) is 64.7 Å². The van der Waals surface area contributed by atoms with E-state index in [-0.39, 0.29) is 41.6 Å². The highest BCUT2D eigenvalue weighted by atomic mass is 16.2. The van der Waals surface area contributed by atoms with Crippen molar-refractivity contribution in [3.8, 4) is 0 Å². The molecule has 0 bridgehead atoms. The van der Waals surface area contributed by atoms with Crippen molar-refractivity contribution >= 4 is 17.7 Å². The first kappa shape index (κ1) is 17.0. The van der Waals surface area contributed by atoms with Crippen LogP contribution in [0.4, 0.5) is 0 Å². The number of nitrogens with zero attached hydrogens (tertiary/aromatic N) is 3. The van der Waals surface area contributed by atoms with E-state index in [1.165, 1.54) is 0 Å². The molecule has 3 heterocycles. The molecule has 4 rings (SSSR count). The molecule has 26 heavy (non-hydrogen) atoms. The number of pyridine rings is 1. The van der Waals surface area contributed by atoms with E-state index in [0.29, 0.717) is 26.1 Å². The molecule has 0 aromatic carbocycles. The summed E-state index contributed by atoms with van der Waals surface area (Å²) < 4.78 is 0. The third-order valence-electron chi connectivity index (χ3n) is 5.85. The van der Waals surface area contributed by atoms with Gasteiger partial charge in [0.25, 0.3) is 0 Å². The van der Waals surface area contributed by atoms with E-state index in [1.54, 1.807) is 17.3 Å². The van der Waals surface area contributed by atoms with Crippen LogP contribution < -0.4 is 5.32 Å². The molecule has 3 amide bonds. The lowest BCUT2D eigenvalue weighted by Gasteiger charge is -2.31. The second-order valence-electron chi connectivity index (χ2n) is 7.91. The quantitative estimate of drug-likeness (QED) is 0.839. The van der Waals surface area contributed by atoms with Gasteiger partial charge in [-0.25, -0.2) is 0 Å². The predicted octanol–water partition coefficient (Wildman–Crippen LogP) is 0.210. The Hall–Kier alpha value is -2.44. The van der Waals surface area contributed by atoms with Crippen LogP contribution in [0, 0.1) is 11.3 Å². The molecule has 1 saturated carbocycles. The predicted molar refractivity (Wildman–Crippen MR) is 93.9 cm³/mol. The van der Waals surface area contributed by atoms with E-state index < -0.39 is 0 Å². The SMILES string of the molecule is CC1CN(C(=O)C2CC23CCN(C(=O)Cc2cccnc2)C3)CC(=O)N1. The number of amides is 3. The average molecular weight is 356 g/mol. The van der Waals surface area contributed by atoms with E-state index in [4.69, 9.17) is 0 Å². The number of carbonyl (C=O) groups excluding carboxylic acids is 3. The van der Waals surface area contributed by atoms with Crippen molar-refractivity contribution in [3.05, 3.63) is 30.1 Å². The van der Waals surface area contributed by atoms with Crippen molar-refractivity contribution in [1.29, 1.82) is 0 Å². The lowest BCUT2D eigenvalue weighted by molar-refractivity contribution is -0.141. The van der Waals surface area contributed by atoms with Gasteiger partial charge in [0.2, 0.25) is 17.7 Å². The maximum atomic E-state index is 12.8. The molecule has 7 heteroatoms. The topological polar surface area (TPSA) is 82.6 Å². The van der Waals surface area contributed by atoms with Gasteiger partial charge in [0, 0.05) is 49.4 Å². The Bertz CT molecular complexity index is 738. The maximum absolute atomic E-state index is 12.8. The lowest BCUT2D eigenvalue weighted by atomic mass is 10.0. The Morgan fingerprint density at radius 1 is 1.38 bits per heavy atom. The molecule has 7 nitrogen and oxygen atoms in total. The standard InChI is InChI=1S/C19H24N4O3/c1-13-10-23(11-16(24)21-13)18(26)15-8-19(15)4-6-22(12-19)17(25)7-14-3-2-5-20-9-14/h2-3,5,9,13,15H,4,6-8,10-12H2,1H3,(H,21,24). The molecule has 138 valence electrons. The number of carbonyl (C=O) groups is 3. The fourth-order valence-electron chi connectivity index (χ4n) is 4.37. The Balaban J connectivity index is 1.35. The number of rotatable bonds is 3. The minimum Gasteiger partial charge on any atom is -0.350 e. The first-order chi connectivity index (χ1) is 12.5. The number of hydrogen-bond acceptors (Lipinski definition) is 4. The van der Waals surface area contributed by atoms with E-state index in [0.717, 1.165) is 18.4 Å². The van der Waals surface area contributed by atoms with Gasteiger partial charge >= 0.3 is 0 Å². The number of aromatic nitrogens is 1. The molecule has 0 radical (unpaired) electrons. The van der Waals surface area contributed by atoms with Gasteiger partial charge in [0.15, 0.2) is 0 Å². The molecular weight excluding hydrogens is 332 g/mol. The number of piperazine rings is 1. The second-order valence-corrected chi connectivity index (χ2v) is 7.91. The minimum absolute atomic E-state index is 0.00367. The smallest absolute Gasteiger partial charge is 0.239 e. The first-order valence-electron chi connectivity index (χ1n) is 9.22. The second kappa shape index (κ2) is 6.37. The molecule has 3 aliphatic rings. The van der Waals surface area contributed by atoms with E-state index in [2.05, 4.69) is 10.3 Å². The molecular formula is C19H24N4O3. The highest BCUT2D eigenvalue weighted by Crippen LogP contribution is 2.59. The van der Waals surface area contributed by atoms with Gasteiger partial charge in [-0.15, -0.1) is 0 Å². The molecule has 1 N–H and O–H groups in total. The summed E-state index contributed by atoms with van der Waals surface area (Å²) >= 11 is 0. The zero-order valence-electron chi connectivity index (χ0n) is 15.0. The molecule has 1 aliphatic carbocycles. The van der Waals surface area contributed by atoms with Crippen LogP contribution in [0.15, 0.2) is 24.5 Å². The van der Waals surface area contributed by atoms with Crippen LogP contribution >= 0.6 is 0 Å². The fourth-order valence-corrected chi connectivity index (χ4v) is 4.37. The third kappa shape index (κ3) is 3.18. The Kier molecular flexibility index (Phi) is 4.17. The average Bonchev–Trinajstić information content (AvgIpc) is 3.13. The maximum Gasteiger partial charge on any atom is 0.239 e. The molecule has 2 aliphatic heterocycles. The molecule has 3 unspecified atom stereocenters. The Morgan fingerprint density at radius 3 is 2.96 bits per heavy atom. The Morgan fingerprint density at radius 2 is 2.23 bits per heavy atom. The summed E-state index contributed by atoms with van der Waals surface area (Å²) in [6, 6.07) is 3.73. The minimum atomic E-state index is -0.0912. The van der Waals surface area contributed by atoms with Gasteiger partial charge in [0.1, 0.15) is 0 Å². The zero-order chi connectivity index (χ0) is 18.3. The summed E-state index contributed by atoms with van der Waals surface area (Å²) in [7, 11) is 0. The molecule has 1 spiro atoms. The van der Waals surface area contributed by atoms with E-state index in [9.17, 15) is 14.4 Å². The van der Waals surface area contributed by atoms with Gasteiger partial charge in [0.05, 0.1) is 13.0 Å². The molecule has 3 fully saturated rings. The molecule has 3 atom stereocenters. The van der Waals surface area contributed by atoms with Gasteiger partial charge in [-0.1, -0.05) is 6.07 Å². The Labute approximate surface area is 152 Å². The van der Waals surface area contributed by atoms with Crippen molar-refractivity contribution < 1.29 is 14.4 Å². The van der Waals surface area contributed by atoms with Gasteiger partial charge in [-0.2, -0.15) is 0 Å². The van der Waals surface area contributed by atoms with Gasteiger partial charge in [-0.05, 0) is 31.4 Å². The monoisotopic (exact) mass is 356 g/mol. The highest BCUT2D eigenvalue weighted by Gasteiger charge is 2.62. The summed E-state index contributed by atoms with van der Waals surface area (Å²) in [5, 5.41) is 2.84. The van der Waals surface area contributed by atoms with E-state index in [1.807, 2.05) is 24.0 Å². The van der Waals surface area contributed by atoms with Crippen molar-refractivity contribution in [2.45, 2.75) is 32.2 Å². The summed E-state index contributed by atoms with van der Waals surface area (Å²) in [6.07, 6.45) is 5.47.